The van der Waals surface area contributed by atoms with Crippen LogP contribution in [0.2, 0.25) is 0 Å². The molecular weight excluding hydrogens is 391 g/mol. The van der Waals surface area contributed by atoms with Crippen LogP contribution >= 0.6 is 11.3 Å². The number of halogens is 3. The lowest BCUT2D eigenvalue weighted by molar-refractivity contribution is -0.149. The van der Waals surface area contributed by atoms with Crippen LogP contribution in [0.3, 0.4) is 0 Å². The molecule has 3 rings (SSSR count). The van der Waals surface area contributed by atoms with E-state index in [0.717, 1.165) is 12.1 Å². The van der Waals surface area contributed by atoms with Gasteiger partial charge in [-0.25, -0.2) is 0 Å². The van der Waals surface area contributed by atoms with Gasteiger partial charge >= 0.3 is 12.1 Å². The highest BCUT2D eigenvalue weighted by atomic mass is 32.1. The molecule has 3 aromatic rings. The Hall–Kier alpha value is -2.71. The Kier molecular flexibility index (Phi) is 6.11. The number of pyridine rings is 1. The van der Waals surface area contributed by atoms with E-state index in [1.54, 1.807) is 35.8 Å². The molecule has 0 aliphatic carbocycles. The first-order valence-electron chi connectivity index (χ1n) is 8.30. The summed E-state index contributed by atoms with van der Waals surface area (Å²) in [6.07, 6.45) is -2.68. The van der Waals surface area contributed by atoms with Gasteiger partial charge in [0.15, 0.2) is 0 Å². The van der Waals surface area contributed by atoms with E-state index in [0.29, 0.717) is 10.4 Å². The molecule has 0 aliphatic rings. The van der Waals surface area contributed by atoms with Gasteiger partial charge in [0.05, 0.1) is 11.7 Å². The summed E-state index contributed by atoms with van der Waals surface area (Å²) in [5.41, 5.74) is -0.160. The highest BCUT2D eigenvalue weighted by Crippen LogP contribution is 2.35. The third kappa shape index (κ3) is 4.76. The summed E-state index contributed by atoms with van der Waals surface area (Å²) in [4.78, 5) is 17.2. The lowest BCUT2D eigenvalue weighted by Crippen LogP contribution is -2.22. The molecule has 146 valence electrons. The van der Waals surface area contributed by atoms with Crippen LogP contribution in [0, 0.1) is 0 Å². The molecule has 2 aromatic heterocycles. The summed E-state index contributed by atoms with van der Waals surface area (Å²) < 4.78 is 43.7. The predicted molar refractivity (Wildman–Crippen MR) is 97.5 cm³/mol. The second kappa shape index (κ2) is 8.53. The van der Waals surface area contributed by atoms with Gasteiger partial charge in [-0.1, -0.05) is 24.3 Å². The van der Waals surface area contributed by atoms with Gasteiger partial charge in [0.1, 0.15) is 12.5 Å². The molecule has 8 heteroatoms. The average Bonchev–Trinajstić information content (AvgIpc) is 3.21. The number of carbonyl (C=O) groups is 1. The van der Waals surface area contributed by atoms with Crippen molar-refractivity contribution in [2.24, 2.45) is 0 Å². The van der Waals surface area contributed by atoms with Gasteiger partial charge in [-0.2, -0.15) is 13.2 Å². The van der Waals surface area contributed by atoms with Crippen molar-refractivity contribution in [1.29, 1.82) is 0 Å². The molecule has 0 unspecified atom stereocenters. The van der Waals surface area contributed by atoms with Crippen LogP contribution in [0.4, 0.5) is 13.2 Å². The number of nitrogens with zero attached hydrogens (tertiary/aromatic N) is 1. The maximum absolute atomic E-state index is 12.8. The largest absolute Gasteiger partial charge is 0.460 e. The van der Waals surface area contributed by atoms with Gasteiger partial charge in [-0.15, -0.1) is 11.3 Å². The molecule has 0 fully saturated rings. The summed E-state index contributed by atoms with van der Waals surface area (Å²) in [6.45, 7) is -0.329. The Morgan fingerprint density at radius 3 is 2.64 bits per heavy atom. The number of alkyl halides is 3. The Labute approximate surface area is 163 Å². The minimum absolute atomic E-state index is 0.212. The zero-order valence-corrected chi connectivity index (χ0v) is 15.3. The van der Waals surface area contributed by atoms with E-state index in [1.807, 2.05) is 0 Å². The van der Waals surface area contributed by atoms with Crippen LogP contribution in [0.5, 0.6) is 0 Å². The summed E-state index contributed by atoms with van der Waals surface area (Å²) in [6, 6.07) is 11.3. The number of esters is 1. The fourth-order valence-electron chi connectivity index (χ4n) is 2.69. The minimum Gasteiger partial charge on any atom is -0.460 e. The van der Waals surface area contributed by atoms with Gasteiger partial charge in [0.25, 0.3) is 0 Å². The van der Waals surface area contributed by atoms with E-state index in [9.17, 15) is 23.1 Å². The van der Waals surface area contributed by atoms with Crippen LogP contribution in [0.15, 0.2) is 66.3 Å². The third-order valence-corrected chi connectivity index (χ3v) is 5.04. The Morgan fingerprint density at radius 2 is 2.00 bits per heavy atom. The highest BCUT2D eigenvalue weighted by Gasteiger charge is 2.33. The summed E-state index contributed by atoms with van der Waals surface area (Å²) in [5, 5.41) is 12.4. The third-order valence-electron chi connectivity index (χ3n) is 4.08. The molecule has 0 saturated carbocycles. The lowest BCUT2D eigenvalue weighted by atomic mass is 9.95. The summed E-state index contributed by atoms with van der Waals surface area (Å²) in [5.74, 6) is -1.73. The number of thiophene rings is 1. The van der Waals surface area contributed by atoms with E-state index in [1.165, 1.54) is 29.7 Å². The standard InChI is InChI=1S/C20H16F3NO3S/c21-20(22,23)15-6-1-4-13(10-15)12-27-19(26)17(16-7-3-9-28-16)18(25)14-5-2-8-24-11-14/h1-11,17-18,25H,12H2/t17-,18-/m1/s1. The van der Waals surface area contributed by atoms with Gasteiger partial charge in [0.2, 0.25) is 0 Å². The van der Waals surface area contributed by atoms with Gasteiger partial charge in [0, 0.05) is 22.8 Å². The molecule has 4 nitrogen and oxygen atoms in total. The Bertz CT molecular complexity index is 914. The van der Waals surface area contributed by atoms with Crippen molar-refractivity contribution in [2.45, 2.75) is 24.8 Å². The van der Waals surface area contributed by atoms with Gasteiger partial charge in [-0.05, 0) is 35.2 Å². The molecule has 0 aliphatic heterocycles. The summed E-state index contributed by atoms with van der Waals surface area (Å²) in [7, 11) is 0. The monoisotopic (exact) mass is 407 g/mol. The van der Waals surface area contributed by atoms with E-state index in [2.05, 4.69) is 4.98 Å². The van der Waals surface area contributed by atoms with Crippen molar-refractivity contribution < 1.29 is 27.8 Å². The molecule has 1 N–H and O–H groups in total. The molecule has 1 aromatic carbocycles. The molecule has 0 amide bonds. The minimum atomic E-state index is -4.48. The van der Waals surface area contributed by atoms with Crippen molar-refractivity contribution in [1.82, 2.24) is 4.98 Å². The molecular formula is C20H16F3NO3S. The number of aliphatic hydroxyl groups is 1. The zero-order valence-electron chi connectivity index (χ0n) is 14.5. The van der Waals surface area contributed by atoms with Crippen LogP contribution in [0.25, 0.3) is 0 Å². The van der Waals surface area contributed by atoms with E-state index in [4.69, 9.17) is 4.74 Å². The number of rotatable bonds is 6. The SMILES string of the molecule is O=C(OCc1cccc(C(F)(F)F)c1)[C@H](c1cccs1)[C@H](O)c1cccnc1. The lowest BCUT2D eigenvalue weighted by Gasteiger charge is -2.21. The fraction of sp³-hybridized carbons (Fsp3) is 0.200. The molecule has 2 heterocycles. The van der Waals surface area contributed by atoms with Crippen LogP contribution in [0.1, 0.15) is 33.6 Å². The first kappa shape index (κ1) is 20.0. The number of aromatic nitrogens is 1. The van der Waals surface area contributed by atoms with Crippen molar-refractivity contribution in [2.75, 3.05) is 0 Å². The number of aliphatic hydroxyl groups excluding tert-OH is 1. The number of hydrogen-bond donors (Lipinski definition) is 1. The molecule has 0 saturated heterocycles. The quantitative estimate of drug-likeness (QED) is 0.601. The molecule has 0 radical (unpaired) electrons. The second-order valence-electron chi connectivity index (χ2n) is 6.03. The van der Waals surface area contributed by atoms with Crippen molar-refractivity contribution in [3.05, 3.63) is 87.9 Å². The molecule has 28 heavy (non-hydrogen) atoms. The van der Waals surface area contributed by atoms with E-state index >= 15 is 0 Å². The average molecular weight is 407 g/mol. The van der Waals surface area contributed by atoms with E-state index < -0.39 is 29.7 Å². The van der Waals surface area contributed by atoms with Crippen LogP contribution < -0.4 is 0 Å². The number of ether oxygens (including phenoxy) is 1. The molecule has 2 atom stereocenters. The fourth-order valence-corrected chi connectivity index (χ4v) is 3.54. The first-order valence-corrected chi connectivity index (χ1v) is 9.18. The number of carbonyl (C=O) groups excluding carboxylic acids is 1. The maximum atomic E-state index is 12.8. The number of benzene rings is 1. The topological polar surface area (TPSA) is 59.4 Å². The van der Waals surface area contributed by atoms with E-state index in [-0.39, 0.29) is 12.2 Å². The van der Waals surface area contributed by atoms with Gasteiger partial charge < -0.3 is 9.84 Å². The number of hydrogen-bond acceptors (Lipinski definition) is 5. The molecule has 0 spiro atoms. The highest BCUT2D eigenvalue weighted by molar-refractivity contribution is 7.10. The van der Waals surface area contributed by atoms with Crippen LogP contribution in [-0.2, 0) is 22.3 Å². The molecule has 0 bridgehead atoms. The van der Waals surface area contributed by atoms with Crippen molar-refractivity contribution >= 4 is 17.3 Å². The normalized spacial score (nSPS) is 13.7. The Balaban J connectivity index is 1.77. The second-order valence-corrected chi connectivity index (χ2v) is 7.01. The maximum Gasteiger partial charge on any atom is 0.416 e. The zero-order chi connectivity index (χ0) is 20.1. The van der Waals surface area contributed by atoms with Crippen molar-refractivity contribution in [3.63, 3.8) is 0 Å². The predicted octanol–water partition coefficient (Wildman–Crippen LogP) is 4.72. The van der Waals surface area contributed by atoms with Crippen molar-refractivity contribution in [3.8, 4) is 0 Å². The van der Waals surface area contributed by atoms with Gasteiger partial charge in [-0.3, -0.25) is 9.78 Å². The Morgan fingerprint density at radius 1 is 1.18 bits per heavy atom. The smallest absolute Gasteiger partial charge is 0.416 e. The first-order chi connectivity index (χ1) is 13.4. The van der Waals surface area contributed by atoms with Crippen LogP contribution in [-0.4, -0.2) is 16.1 Å². The summed E-state index contributed by atoms with van der Waals surface area (Å²) >= 11 is 1.28.